The first-order chi connectivity index (χ1) is 17.7. The predicted molar refractivity (Wildman–Crippen MR) is 134 cm³/mol. The Morgan fingerprint density at radius 1 is 1.14 bits per heavy atom. The molecule has 2 aromatic carbocycles. The van der Waals surface area contributed by atoms with Gasteiger partial charge in [-0.25, -0.2) is 13.8 Å². The Kier molecular flexibility index (Phi) is 7.83. The molecule has 1 aromatic heterocycles. The van der Waals surface area contributed by atoms with Crippen molar-refractivity contribution >= 4 is 11.8 Å². The van der Waals surface area contributed by atoms with Crippen molar-refractivity contribution in [1.82, 2.24) is 14.8 Å². The highest BCUT2D eigenvalue weighted by atomic mass is 19.1. The number of halogens is 2. The zero-order valence-electron chi connectivity index (χ0n) is 20.9. The van der Waals surface area contributed by atoms with Crippen LogP contribution in [0.3, 0.4) is 0 Å². The SMILES string of the molecule is C[C@H]1CN([C@@H](C)CO)C(=O)c2cc(-c3ccc(F)cc3)cnc2O[C@@H]1CN(C)C(=O)c1ccc(F)cc1. The van der Waals surface area contributed by atoms with E-state index in [9.17, 15) is 23.5 Å². The van der Waals surface area contributed by atoms with Gasteiger partial charge in [-0.3, -0.25) is 9.59 Å². The maximum absolute atomic E-state index is 13.6. The number of pyridine rings is 1. The third-order valence-electron chi connectivity index (χ3n) is 6.59. The quantitative estimate of drug-likeness (QED) is 0.543. The molecule has 3 atom stereocenters. The minimum Gasteiger partial charge on any atom is -0.472 e. The summed E-state index contributed by atoms with van der Waals surface area (Å²) >= 11 is 0. The molecule has 1 N–H and O–H groups in total. The van der Waals surface area contributed by atoms with Gasteiger partial charge in [0.05, 0.1) is 19.2 Å². The first-order valence-corrected chi connectivity index (χ1v) is 12.0. The Morgan fingerprint density at radius 2 is 1.76 bits per heavy atom. The number of carbonyl (C=O) groups is 2. The minimum atomic E-state index is -0.529. The van der Waals surface area contributed by atoms with Gasteiger partial charge in [-0.05, 0) is 55.0 Å². The maximum Gasteiger partial charge on any atom is 0.259 e. The smallest absolute Gasteiger partial charge is 0.259 e. The summed E-state index contributed by atoms with van der Waals surface area (Å²) in [6.45, 7) is 3.90. The highest BCUT2D eigenvalue weighted by Crippen LogP contribution is 2.30. The van der Waals surface area contributed by atoms with E-state index in [1.807, 2.05) is 6.92 Å². The molecule has 9 heteroatoms. The zero-order valence-corrected chi connectivity index (χ0v) is 20.9. The topological polar surface area (TPSA) is 83.0 Å². The van der Waals surface area contributed by atoms with Gasteiger partial charge in [0.15, 0.2) is 0 Å². The number of aliphatic hydroxyl groups excluding tert-OH is 1. The van der Waals surface area contributed by atoms with Gasteiger partial charge in [0.2, 0.25) is 5.88 Å². The van der Waals surface area contributed by atoms with Crippen molar-refractivity contribution in [3.05, 3.63) is 83.6 Å². The van der Waals surface area contributed by atoms with Crippen LogP contribution in [0.15, 0.2) is 60.8 Å². The van der Waals surface area contributed by atoms with Gasteiger partial charge in [-0.2, -0.15) is 0 Å². The number of amides is 2. The van der Waals surface area contributed by atoms with E-state index in [4.69, 9.17) is 4.74 Å². The van der Waals surface area contributed by atoms with Gasteiger partial charge in [-0.15, -0.1) is 0 Å². The fraction of sp³-hybridized carbons (Fsp3) is 0.321. The molecule has 0 fully saturated rings. The molecule has 0 saturated carbocycles. The number of likely N-dealkylation sites (N-methyl/N-ethyl adjacent to an activating group) is 1. The molecule has 0 aliphatic carbocycles. The summed E-state index contributed by atoms with van der Waals surface area (Å²) in [7, 11) is 1.63. The lowest BCUT2D eigenvalue weighted by molar-refractivity contribution is 0.0313. The molecule has 3 aromatic rings. The normalized spacial score (nSPS) is 18.3. The van der Waals surface area contributed by atoms with Gasteiger partial charge in [-0.1, -0.05) is 19.1 Å². The number of aliphatic hydroxyl groups is 1. The summed E-state index contributed by atoms with van der Waals surface area (Å²) < 4.78 is 32.9. The second kappa shape index (κ2) is 11.0. The maximum atomic E-state index is 13.6. The van der Waals surface area contributed by atoms with Crippen LogP contribution in [0, 0.1) is 17.6 Å². The summed E-state index contributed by atoms with van der Waals surface area (Å²) in [6, 6.07) is 12.4. The Morgan fingerprint density at radius 3 is 2.38 bits per heavy atom. The molecule has 37 heavy (non-hydrogen) atoms. The minimum absolute atomic E-state index is 0.116. The van der Waals surface area contributed by atoms with Gasteiger partial charge in [0.1, 0.15) is 23.3 Å². The monoisotopic (exact) mass is 509 g/mol. The molecule has 2 amide bonds. The van der Waals surface area contributed by atoms with Crippen LogP contribution in [0.4, 0.5) is 8.78 Å². The summed E-state index contributed by atoms with van der Waals surface area (Å²) in [6.07, 6.45) is 1.02. The second-order valence-corrected chi connectivity index (χ2v) is 9.40. The summed E-state index contributed by atoms with van der Waals surface area (Å²) in [4.78, 5) is 34.0. The molecule has 1 aliphatic heterocycles. The van der Waals surface area contributed by atoms with E-state index in [1.54, 1.807) is 43.3 Å². The summed E-state index contributed by atoms with van der Waals surface area (Å²) in [5.74, 6) is -1.54. The van der Waals surface area contributed by atoms with Crippen LogP contribution in [0.5, 0.6) is 5.88 Å². The van der Waals surface area contributed by atoms with E-state index in [0.29, 0.717) is 16.7 Å². The molecule has 194 valence electrons. The molecule has 0 radical (unpaired) electrons. The number of nitrogens with zero attached hydrogens (tertiary/aromatic N) is 3. The average molecular weight is 510 g/mol. The molecule has 7 nitrogen and oxygen atoms in total. The first kappa shape index (κ1) is 26.2. The average Bonchev–Trinajstić information content (AvgIpc) is 2.90. The summed E-state index contributed by atoms with van der Waals surface area (Å²) in [5.41, 5.74) is 1.85. The van der Waals surface area contributed by atoms with Crippen LogP contribution in [0.1, 0.15) is 34.6 Å². The first-order valence-electron chi connectivity index (χ1n) is 12.0. The van der Waals surface area contributed by atoms with Crippen molar-refractivity contribution in [3.63, 3.8) is 0 Å². The largest absolute Gasteiger partial charge is 0.472 e. The number of hydrogen-bond acceptors (Lipinski definition) is 5. The molecule has 0 saturated heterocycles. The van der Waals surface area contributed by atoms with E-state index >= 15 is 0 Å². The van der Waals surface area contributed by atoms with Gasteiger partial charge < -0.3 is 19.6 Å². The van der Waals surface area contributed by atoms with Crippen molar-refractivity contribution < 1.29 is 28.2 Å². The Hall–Kier alpha value is -3.85. The molecule has 2 heterocycles. The Balaban J connectivity index is 1.67. The number of hydrogen-bond donors (Lipinski definition) is 1. The Bertz CT molecular complexity index is 1270. The van der Waals surface area contributed by atoms with E-state index in [1.165, 1.54) is 41.3 Å². The van der Waals surface area contributed by atoms with E-state index in [-0.39, 0.29) is 54.7 Å². The van der Waals surface area contributed by atoms with Gasteiger partial charge in [0, 0.05) is 36.8 Å². The predicted octanol–water partition coefficient (Wildman–Crippen LogP) is 4.02. The molecule has 1 aliphatic rings. The molecule has 0 bridgehead atoms. The van der Waals surface area contributed by atoms with Crippen molar-refractivity contribution in [2.24, 2.45) is 5.92 Å². The number of fused-ring (bicyclic) bond motifs is 1. The third kappa shape index (κ3) is 5.77. The summed E-state index contributed by atoms with van der Waals surface area (Å²) in [5, 5.41) is 9.83. The van der Waals surface area contributed by atoms with Gasteiger partial charge in [0.25, 0.3) is 11.8 Å². The lowest BCUT2D eigenvalue weighted by Gasteiger charge is -2.37. The standard InChI is InChI=1S/C28H29F2N3O4/c1-17-14-33(18(2)16-34)28(36)24-12-21(19-4-8-22(29)9-5-19)13-31-26(24)37-25(17)15-32(3)27(35)20-6-10-23(30)11-7-20/h4-13,17-18,25,34H,14-16H2,1-3H3/t17-,18-,25+/m0/s1. The number of aromatic nitrogens is 1. The lowest BCUT2D eigenvalue weighted by Crippen LogP contribution is -2.50. The van der Waals surface area contributed by atoms with E-state index < -0.39 is 18.0 Å². The fourth-order valence-electron chi connectivity index (χ4n) is 4.29. The Labute approximate surface area is 214 Å². The van der Waals surface area contributed by atoms with Gasteiger partial charge >= 0.3 is 0 Å². The highest BCUT2D eigenvalue weighted by Gasteiger charge is 2.35. The van der Waals surface area contributed by atoms with Crippen LogP contribution >= 0.6 is 0 Å². The van der Waals surface area contributed by atoms with Crippen molar-refractivity contribution in [3.8, 4) is 17.0 Å². The lowest BCUT2D eigenvalue weighted by atomic mass is 9.99. The zero-order chi connectivity index (χ0) is 26.7. The number of ether oxygens (including phenoxy) is 1. The van der Waals surface area contributed by atoms with Crippen LogP contribution in [0.2, 0.25) is 0 Å². The molecule has 4 rings (SSSR count). The number of rotatable bonds is 6. The molecular formula is C28H29F2N3O4. The third-order valence-corrected chi connectivity index (χ3v) is 6.59. The highest BCUT2D eigenvalue weighted by molar-refractivity contribution is 5.98. The van der Waals surface area contributed by atoms with Crippen LogP contribution in [-0.4, -0.2) is 70.6 Å². The van der Waals surface area contributed by atoms with E-state index in [0.717, 1.165) is 0 Å². The van der Waals surface area contributed by atoms with Crippen molar-refractivity contribution in [2.45, 2.75) is 26.0 Å². The fourth-order valence-corrected chi connectivity index (χ4v) is 4.29. The molecule has 0 spiro atoms. The van der Waals surface area contributed by atoms with E-state index in [2.05, 4.69) is 4.98 Å². The van der Waals surface area contributed by atoms with Crippen LogP contribution < -0.4 is 4.74 Å². The van der Waals surface area contributed by atoms with Crippen molar-refractivity contribution in [1.29, 1.82) is 0 Å². The molecule has 0 unspecified atom stereocenters. The van der Waals surface area contributed by atoms with Crippen molar-refractivity contribution in [2.75, 3.05) is 26.7 Å². The second-order valence-electron chi connectivity index (χ2n) is 9.40. The van der Waals surface area contributed by atoms with Crippen LogP contribution in [-0.2, 0) is 0 Å². The number of carbonyl (C=O) groups excluding carboxylic acids is 2. The molecular weight excluding hydrogens is 480 g/mol. The number of benzene rings is 2. The van der Waals surface area contributed by atoms with Crippen LogP contribution in [0.25, 0.3) is 11.1 Å².